The van der Waals surface area contributed by atoms with Crippen LogP contribution < -0.4 is 4.90 Å². The number of hydrogen-bond acceptors (Lipinski definition) is 5. The lowest BCUT2D eigenvalue weighted by atomic mass is 10.0. The van der Waals surface area contributed by atoms with E-state index in [-0.39, 0.29) is 6.04 Å². The number of aromatic nitrogens is 2. The number of aromatic carboxylic acids is 1. The first-order valence-electron chi connectivity index (χ1n) is 7.06. The molecule has 1 aromatic rings. The van der Waals surface area contributed by atoms with E-state index in [2.05, 4.69) is 10.2 Å². The Hall–Kier alpha value is -1.69. The molecule has 1 aliphatic rings. The number of carbonyl (C=O) groups is 1. The standard InChI is InChI=1S/C14H21N3O3/c1-4-10-11(5-2)15-16-13(12(10)14(18)19)17-6-7-20-8-9(17)3/h9H,4-8H2,1-3H3,(H,18,19). The van der Waals surface area contributed by atoms with Crippen molar-refractivity contribution in [2.75, 3.05) is 24.7 Å². The lowest BCUT2D eigenvalue weighted by Crippen LogP contribution is -2.45. The number of aryl methyl sites for hydroxylation is 1. The summed E-state index contributed by atoms with van der Waals surface area (Å²) in [7, 11) is 0. The average molecular weight is 279 g/mol. The highest BCUT2D eigenvalue weighted by Crippen LogP contribution is 2.26. The molecule has 1 aliphatic heterocycles. The van der Waals surface area contributed by atoms with Crippen LogP contribution in [-0.4, -0.2) is 47.1 Å². The quantitative estimate of drug-likeness (QED) is 0.900. The SMILES string of the molecule is CCc1nnc(N2CCOCC2C)c(C(=O)O)c1CC. The maximum Gasteiger partial charge on any atom is 0.339 e. The van der Waals surface area contributed by atoms with Crippen LogP contribution in [0.2, 0.25) is 0 Å². The number of ether oxygens (including phenoxy) is 1. The fourth-order valence-electron chi connectivity index (χ4n) is 2.63. The second kappa shape index (κ2) is 6.17. The minimum Gasteiger partial charge on any atom is -0.478 e. The van der Waals surface area contributed by atoms with Crippen molar-refractivity contribution in [2.45, 2.75) is 39.7 Å². The van der Waals surface area contributed by atoms with Gasteiger partial charge in [-0.1, -0.05) is 13.8 Å². The summed E-state index contributed by atoms with van der Waals surface area (Å²) in [5.74, 6) is -0.456. The molecule has 0 radical (unpaired) electrons. The molecule has 0 aromatic carbocycles. The Labute approximate surface area is 118 Å². The van der Waals surface area contributed by atoms with E-state index in [1.165, 1.54) is 0 Å². The highest BCUT2D eigenvalue weighted by Gasteiger charge is 2.28. The summed E-state index contributed by atoms with van der Waals surface area (Å²) >= 11 is 0. The fourth-order valence-corrected chi connectivity index (χ4v) is 2.63. The molecule has 1 atom stereocenters. The minimum absolute atomic E-state index is 0.105. The largest absolute Gasteiger partial charge is 0.478 e. The maximum absolute atomic E-state index is 11.7. The zero-order valence-electron chi connectivity index (χ0n) is 12.2. The van der Waals surface area contributed by atoms with Crippen molar-refractivity contribution in [1.82, 2.24) is 10.2 Å². The first-order chi connectivity index (χ1) is 9.60. The Kier molecular flexibility index (Phi) is 4.54. The molecule has 0 aliphatic carbocycles. The van der Waals surface area contributed by atoms with Crippen LogP contribution in [0.3, 0.4) is 0 Å². The zero-order chi connectivity index (χ0) is 14.7. The summed E-state index contributed by atoms with van der Waals surface area (Å²) < 4.78 is 5.40. The Morgan fingerprint density at radius 1 is 1.40 bits per heavy atom. The van der Waals surface area contributed by atoms with Crippen molar-refractivity contribution in [1.29, 1.82) is 0 Å². The molecular formula is C14H21N3O3. The van der Waals surface area contributed by atoms with Crippen molar-refractivity contribution in [3.63, 3.8) is 0 Å². The van der Waals surface area contributed by atoms with Gasteiger partial charge >= 0.3 is 5.97 Å². The minimum atomic E-state index is -0.930. The number of carboxylic acids is 1. The van der Waals surface area contributed by atoms with Crippen molar-refractivity contribution >= 4 is 11.8 Å². The first kappa shape index (κ1) is 14.7. The van der Waals surface area contributed by atoms with Gasteiger partial charge in [0.15, 0.2) is 5.82 Å². The number of nitrogens with zero attached hydrogens (tertiary/aromatic N) is 3. The van der Waals surface area contributed by atoms with Crippen LogP contribution in [0.25, 0.3) is 0 Å². The molecule has 0 saturated carbocycles. The molecule has 1 N–H and O–H groups in total. The van der Waals surface area contributed by atoms with E-state index in [1.54, 1.807) is 0 Å². The van der Waals surface area contributed by atoms with Gasteiger partial charge in [-0.15, -0.1) is 5.10 Å². The fraction of sp³-hybridized carbons (Fsp3) is 0.643. The predicted molar refractivity (Wildman–Crippen MR) is 75.4 cm³/mol. The zero-order valence-corrected chi connectivity index (χ0v) is 12.2. The molecule has 0 bridgehead atoms. The van der Waals surface area contributed by atoms with Crippen molar-refractivity contribution in [3.05, 3.63) is 16.8 Å². The van der Waals surface area contributed by atoms with Gasteiger partial charge in [-0.3, -0.25) is 0 Å². The van der Waals surface area contributed by atoms with Crippen LogP contribution in [0.5, 0.6) is 0 Å². The van der Waals surface area contributed by atoms with E-state index in [0.29, 0.717) is 44.0 Å². The van der Waals surface area contributed by atoms with Crippen LogP contribution in [0, 0.1) is 0 Å². The molecule has 2 heterocycles. The third-order valence-corrected chi connectivity index (χ3v) is 3.68. The van der Waals surface area contributed by atoms with E-state index in [0.717, 1.165) is 11.3 Å². The van der Waals surface area contributed by atoms with Gasteiger partial charge in [-0.25, -0.2) is 4.79 Å². The van der Waals surface area contributed by atoms with Crippen LogP contribution in [0.1, 0.15) is 42.4 Å². The van der Waals surface area contributed by atoms with E-state index in [9.17, 15) is 9.90 Å². The number of rotatable bonds is 4. The van der Waals surface area contributed by atoms with Crippen LogP contribution in [-0.2, 0) is 17.6 Å². The maximum atomic E-state index is 11.7. The molecule has 1 fully saturated rings. The van der Waals surface area contributed by atoms with Crippen molar-refractivity contribution in [2.24, 2.45) is 0 Å². The molecular weight excluding hydrogens is 258 g/mol. The second-order valence-electron chi connectivity index (χ2n) is 4.95. The van der Waals surface area contributed by atoms with Gasteiger partial charge in [0.1, 0.15) is 5.56 Å². The topological polar surface area (TPSA) is 75.5 Å². The second-order valence-corrected chi connectivity index (χ2v) is 4.95. The molecule has 6 heteroatoms. The van der Waals surface area contributed by atoms with Crippen LogP contribution in [0.4, 0.5) is 5.82 Å². The van der Waals surface area contributed by atoms with Gasteiger partial charge in [-0.05, 0) is 25.3 Å². The van der Waals surface area contributed by atoms with Crippen molar-refractivity contribution < 1.29 is 14.6 Å². The van der Waals surface area contributed by atoms with Crippen LogP contribution >= 0.6 is 0 Å². The number of carboxylic acid groups (broad SMARTS) is 1. The summed E-state index contributed by atoms with van der Waals surface area (Å²) in [6.07, 6.45) is 1.33. The predicted octanol–water partition coefficient (Wildman–Crippen LogP) is 1.52. The Balaban J connectivity index is 2.54. The average Bonchev–Trinajstić information content (AvgIpc) is 2.46. The highest BCUT2D eigenvalue weighted by atomic mass is 16.5. The summed E-state index contributed by atoms with van der Waals surface area (Å²) in [6.45, 7) is 7.73. The first-order valence-corrected chi connectivity index (χ1v) is 7.06. The van der Waals surface area contributed by atoms with Crippen molar-refractivity contribution in [3.8, 4) is 0 Å². The van der Waals surface area contributed by atoms with E-state index in [1.807, 2.05) is 25.7 Å². The van der Waals surface area contributed by atoms with Gasteiger partial charge in [0.25, 0.3) is 0 Å². The summed E-state index contributed by atoms with van der Waals surface area (Å²) in [5.41, 5.74) is 1.87. The van der Waals surface area contributed by atoms with Gasteiger partial charge in [0.2, 0.25) is 0 Å². The van der Waals surface area contributed by atoms with Gasteiger partial charge in [0, 0.05) is 6.54 Å². The summed E-state index contributed by atoms with van der Waals surface area (Å²) in [6, 6.07) is 0.105. The number of morpholine rings is 1. The van der Waals surface area contributed by atoms with E-state index < -0.39 is 5.97 Å². The Morgan fingerprint density at radius 2 is 2.15 bits per heavy atom. The van der Waals surface area contributed by atoms with Gasteiger partial charge < -0.3 is 14.7 Å². The molecule has 20 heavy (non-hydrogen) atoms. The van der Waals surface area contributed by atoms with E-state index in [4.69, 9.17) is 4.74 Å². The monoisotopic (exact) mass is 279 g/mol. The molecule has 0 spiro atoms. The molecule has 0 amide bonds. The molecule has 2 rings (SSSR count). The van der Waals surface area contributed by atoms with Gasteiger partial charge in [-0.2, -0.15) is 5.10 Å². The summed E-state index contributed by atoms with van der Waals surface area (Å²) in [4.78, 5) is 13.7. The number of anilines is 1. The Morgan fingerprint density at radius 3 is 2.70 bits per heavy atom. The lowest BCUT2D eigenvalue weighted by Gasteiger charge is -2.35. The third kappa shape index (κ3) is 2.60. The molecule has 110 valence electrons. The molecule has 1 unspecified atom stereocenters. The van der Waals surface area contributed by atoms with Gasteiger partial charge in [0.05, 0.1) is 24.9 Å². The third-order valence-electron chi connectivity index (χ3n) is 3.68. The van der Waals surface area contributed by atoms with Crippen LogP contribution in [0.15, 0.2) is 0 Å². The molecule has 1 aromatic heterocycles. The number of hydrogen-bond donors (Lipinski definition) is 1. The Bertz CT molecular complexity index is 505. The highest BCUT2D eigenvalue weighted by molar-refractivity contribution is 5.95. The summed E-state index contributed by atoms with van der Waals surface area (Å²) in [5, 5.41) is 18.0. The molecule has 1 saturated heterocycles. The smallest absolute Gasteiger partial charge is 0.339 e. The molecule has 6 nitrogen and oxygen atoms in total. The lowest BCUT2D eigenvalue weighted by molar-refractivity contribution is 0.0692. The normalized spacial score (nSPS) is 19.1. The van der Waals surface area contributed by atoms with E-state index >= 15 is 0 Å².